The van der Waals surface area contributed by atoms with Crippen molar-refractivity contribution in [3.63, 3.8) is 0 Å². The summed E-state index contributed by atoms with van der Waals surface area (Å²) in [5.41, 5.74) is 8.04. The highest BCUT2D eigenvalue weighted by atomic mass is 15.3. The van der Waals surface area contributed by atoms with Crippen LogP contribution in [0.5, 0.6) is 0 Å². The minimum absolute atomic E-state index is 0.167. The van der Waals surface area contributed by atoms with Gasteiger partial charge in [0.15, 0.2) is 5.65 Å². The van der Waals surface area contributed by atoms with E-state index in [1.165, 1.54) is 18.5 Å². The van der Waals surface area contributed by atoms with Crippen LogP contribution in [0.4, 0.5) is 0 Å². The van der Waals surface area contributed by atoms with Crippen molar-refractivity contribution in [2.75, 3.05) is 0 Å². The smallest absolute Gasteiger partial charge is 0.160 e. The average Bonchev–Trinajstić information content (AvgIpc) is 2.98. The molecule has 4 heteroatoms. The molecule has 0 amide bonds. The van der Waals surface area contributed by atoms with Crippen molar-refractivity contribution < 1.29 is 0 Å². The molecule has 4 nitrogen and oxygen atoms in total. The monoisotopic (exact) mass is 216 g/mol. The molecular formula is C12H16N4. The maximum Gasteiger partial charge on any atom is 0.160 e. The summed E-state index contributed by atoms with van der Waals surface area (Å²) in [6.07, 6.45) is 3.36. The molecule has 3 rings (SSSR count). The first-order valence-electron chi connectivity index (χ1n) is 5.84. The lowest BCUT2D eigenvalue weighted by atomic mass is 10.1. The number of pyridine rings is 1. The van der Waals surface area contributed by atoms with Crippen molar-refractivity contribution in [1.82, 2.24) is 14.6 Å². The van der Waals surface area contributed by atoms with Gasteiger partial charge in [0.05, 0.1) is 0 Å². The van der Waals surface area contributed by atoms with E-state index in [-0.39, 0.29) is 6.04 Å². The summed E-state index contributed by atoms with van der Waals surface area (Å²) in [5, 5.41) is 8.52. The Kier molecular flexibility index (Phi) is 2.17. The second-order valence-corrected chi connectivity index (χ2v) is 4.72. The Morgan fingerprint density at radius 3 is 2.94 bits per heavy atom. The van der Waals surface area contributed by atoms with E-state index in [1.807, 2.05) is 19.1 Å². The van der Waals surface area contributed by atoms with Crippen LogP contribution in [0.25, 0.3) is 5.65 Å². The van der Waals surface area contributed by atoms with Crippen LogP contribution < -0.4 is 5.73 Å². The molecule has 0 radical (unpaired) electrons. The first-order valence-corrected chi connectivity index (χ1v) is 5.84. The van der Waals surface area contributed by atoms with Crippen molar-refractivity contribution in [1.29, 1.82) is 0 Å². The highest BCUT2D eigenvalue weighted by molar-refractivity contribution is 5.41. The molecular weight excluding hydrogens is 200 g/mol. The van der Waals surface area contributed by atoms with Crippen LogP contribution in [0.2, 0.25) is 0 Å². The summed E-state index contributed by atoms with van der Waals surface area (Å²) in [7, 11) is 0. The van der Waals surface area contributed by atoms with Gasteiger partial charge in [-0.25, -0.2) is 0 Å². The number of hydrogen-bond donors (Lipinski definition) is 1. The number of rotatable bonds is 3. The number of aromatic nitrogens is 3. The lowest BCUT2D eigenvalue weighted by molar-refractivity contribution is 0.705. The molecule has 0 aliphatic heterocycles. The van der Waals surface area contributed by atoms with Crippen LogP contribution in [-0.4, -0.2) is 20.6 Å². The highest BCUT2D eigenvalue weighted by Gasteiger charge is 2.29. The molecule has 2 aromatic heterocycles. The van der Waals surface area contributed by atoms with E-state index in [0.717, 1.165) is 17.9 Å². The molecule has 1 atom stereocenters. The van der Waals surface area contributed by atoms with Crippen LogP contribution in [0.1, 0.15) is 37.2 Å². The standard InChI is InChI=1S/C12H16N4/c1-8(13)7-10-3-2-4-11-14-15-12(16(10)11)9-5-6-9/h2-4,8-9H,5-7,13H2,1H3. The molecule has 84 valence electrons. The highest BCUT2D eigenvalue weighted by Crippen LogP contribution is 2.39. The molecule has 16 heavy (non-hydrogen) atoms. The Labute approximate surface area is 94.5 Å². The maximum atomic E-state index is 5.87. The fourth-order valence-corrected chi connectivity index (χ4v) is 2.13. The molecule has 2 heterocycles. The Morgan fingerprint density at radius 1 is 1.44 bits per heavy atom. The molecule has 0 saturated heterocycles. The summed E-state index contributed by atoms with van der Waals surface area (Å²) in [6.45, 7) is 2.03. The van der Waals surface area contributed by atoms with Gasteiger partial charge in [-0.1, -0.05) is 6.07 Å². The van der Waals surface area contributed by atoms with Crippen molar-refractivity contribution in [2.45, 2.75) is 38.1 Å². The fraction of sp³-hybridized carbons (Fsp3) is 0.500. The van der Waals surface area contributed by atoms with E-state index in [1.54, 1.807) is 0 Å². The Balaban J connectivity index is 2.14. The van der Waals surface area contributed by atoms with E-state index in [2.05, 4.69) is 20.7 Å². The summed E-state index contributed by atoms with van der Waals surface area (Å²) in [4.78, 5) is 0. The Bertz CT molecular complexity index is 511. The van der Waals surface area contributed by atoms with Gasteiger partial charge < -0.3 is 5.73 Å². The Hall–Kier alpha value is -1.42. The number of fused-ring (bicyclic) bond motifs is 1. The van der Waals surface area contributed by atoms with Gasteiger partial charge in [-0.3, -0.25) is 4.40 Å². The second-order valence-electron chi connectivity index (χ2n) is 4.72. The number of nitrogens with two attached hydrogens (primary N) is 1. The summed E-state index contributed by atoms with van der Waals surface area (Å²) < 4.78 is 2.18. The van der Waals surface area contributed by atoms with Gasteiger partial charge in [-0.2, -0.15) is 0 Å². The molecule has 1 unspecified atom stereocenters. The van der Waals surface area contributed by atoms with E-state index in [4.69, 9.17) is 5.73 Å². The summed E-state index contributed by atoms with van der Waals surface area (Å²) in [6, 6.07) is 6.31. The molecule has 2 aromatic rings. The van der Waals surface area contributed by atoms with Crippen LogP contribution in [0.15, 0.2) is 18.2 Å². The molecule has 2 N–H and O–H groups in total. The lowest BCUT2D eigenvalue weighted by Gasteiger charge is -2.09. The summed E-state index contributed by atoms with van der Waals surface area (Å²) >= 11 is 0. The van der Waals surface area contributed by atoms with Gasteiger partial charge in [-0.15, -0.1) is 10.2 Å². The zero-order valence-electron chi connectivity index (χ0n) is 9.43. The predicted molar refractivity (Wildman–Crippen MR) is 62.3 cm³/mol. The molecule has 1 fully saturated rings. The van der Waals surface area contributed by atoms with Gasteiger partial charge in [0.25, 0.3) is 0 Å². The zero-order chi connectivity index (χ0) is 11.1. The topological polar surface area (TPSA) is 56.2 Å². The van der Waals surface area contributed by atoms with Gasteiger partial charge in [-0.05, 0) is 31.9 Å². The van der Waals surface area contributed by atoms with E-state index in [9.17, 15) is 0 Å². The average molecular weight is 216 g/mol. The molecule has 0 aromatic carbocycles. The number of nitrogens with zero attached hydrogens (tertiary/aromatic N) is 3. The van der Waals surface area contributed by atoms with Crippen LogP contribution in [0, 0.1) is 0 Å². The van der Waals surface area contributed by atoms with Crippen molar-refractivity contribution >= 4 is 5.65 Å². The minimum Gasteiger partial charge on any atom is -0.328 e. The third-order valence-corrected chi connectivity index (χ3v) is 3.01. The van der Waals surface area contributed by atoms with Gasteiger partial charge in [0, 0.05) is 24.1 Å². The zero-order valence-corrected chi connectivity index (χ0v) is 9.43. The number of hydrogen-bond acceptors (Lipinski definition) is 3. The van der Waals surface area contributed by atoms with E-state index < -0.39 is 0 Å². The Morgan fingerprint density at radius 2 is 2.25 bits per heavy atom. The third-order valence-electron chi connectivity index (χ3n) is 3.01. The molecule has 1 aliphatic carbocycles. The van der Waals surface area contributed by atoms with Crippen molar-refractivity contribution in [3.8, 4) is 0 Å². The third kappa shape index (κ3) is 1.59. The van der Waals surface area contributed by atoms with E-state index >= 15 is 0 Å². The van der Waals surface area contributed by atoms with E-state index in [0.29, 0.717) is 5.92 Å². The lowest BCUT2D eigenvalue weighted by Crippen LogP contribution is -2.19. The fourth-order valence-electron chi connectivity index (χ4n) is 2.13. The van der Waals surface area contributed by atoms with Crippen LogP contribution in [-0.2, 0) is 6.42 Å². The SMILES string of the molecule is CC(N)Cc1cccc2nnc(C3CC3)n12. The second kappa shape index (κ2) is 3.56. The van der Waals surface area contributed by atoms with Gasteiger partial charge in [0.2, 0.25) is 0 Å². The molecule has 0 spiro atoms. The first kappa shape index (κ1) is 9.78. The van der Waals surface area contributed by atoms with Crippen molar-refractivity contribution in [2.24, 2.45) is 5.73 Å². The minimum atomic E-state index is 0.167. The summed E-state index contributed by atoms with van der Waals surface area (Å²) in [5.74, 6) is 1.73. The predicted octanol–water partition coefficient (Wildman–Crippen LogP) is 1.50. The molecule has 0 bridgehead atoms. The van der Waals surface area contributed by atoms with Gasteiger partial charge in [0.1, 0.15) is 5.82 Å². The van der Waals surface area contributed by atoms with Crippen molar-refractivity contribution in [3.05, 3.63) is 29.7 Å². The van der Waals surface area contributed by atoms with Crippen LogP contribution in [0.3, 0.4) is 0 Å². The normalized spacial score (nSPS) is 17.9. The van der Waals surface area contributed by atoms with Crippen LogP contribution >= 0.6 is 0 Å². The molecule has 1 saturated carbocycles. The molecule has 1 aliphatic rings. The maximum absolute atomic E-state index is 5.87. The quantitative estimate of drug-likeness (QED) is 0.845. The largest absolute Gasteiger partial charge is 0.328 e. The first-order chi connectivity index (χ1) is 7.75. The van der Waals surface area contributed by atoms with Gasteiger partial charge >= 0.3 is 0 Å².